The fourth-order valence-corrected chi connectivity index (χ4v) is 1.98. The van der Waals surface area contributed by atoms with Crippen molar-refractivity contribution < 1.29 is 13.6 Å². The first-order valence-electron chi connectivity index (χ1n) is 5.09. The molecule has 0 aromatic heterocycles. The zero-order valence-corrected chi connectivity index (χ0v) is 10.6. The van der Waals surface area contributed by atoms with Crippen molar-refractivity contribution in [2.75, 3.05) is 13.1 Å². The molecule has 1 heterocycles. The van der Waals surface area contributed by atoms with Crippen molar-refractivity contribution in [3.05, 3.63) is 0 Å². The molecule has 2 nitrogen and oxygen atoms in total. The average Bonchev–Trinajstić information content (AvgIpc) is 2.15. The summed E-state index contributed by atoms with van der Waals surface area (Å²) in [6.07, 6.45) is -1.43. The number of alkyl halides is 3. The highest BCUT2D eigenvalue weighted by Crippen LogP contribution is 2.27. The molecule has 0 aliphatic carbocycles. The summed E-state index contributed by atoms with van der Waals surface area (Å²) >= 11 is 3.28. The Balaban J connectivity index is 2.48. The number of amides is 1. The zero-order chi connectivity index (χ0) is 11.6. The van der Waals surface area contributed by atoms with Crippen LogP contribution in [0.2, 0.25) is 0 Å². The van der Waals surface area contributed by atoms with Gasteiger partial charge < -0.3 is 4.90 Å². The second-order valence-corrected chi connectivity index (χ2v) is 6.42. The Morgan fingerprint density at radius 2 is 1.87 bits per heavy atom. The quantitative estimate of drug-likeness (QED) is 0.714. The van der Waals surface area contributed by atoms with Gasteiger partial charge in [-0.15, -0.1) is 0 Å². The van der Waals surface area contributed by atoms with Crippen LogP contribution in [0.25, 0.3) is 0 Å². The van der Waals surface area contributed by atoms with Gasteiger partial charge >= 0.3 is 0 Å². The molecule has 0 atom stereocenters. The molecule has 1 aliphatic rings. The van der Waals surface area contributed by atoms with Crippen LogP contribution >= 0.6 is 15.9 Å². The Morgan fingerprint density at radius 3 is 2.20 bits per heavy atom. The van der Waals surface area contributed by atoms with E-state index in [0.717, 1.165) is 0 Å². The summed E-state index contributed by atoms with van der Waals surface area (Å²) in [5.74, 6) is -0.553. The SMILES string of the molecule is CC(C)(Br)C(=O)N1CCC(C(F)F)CC1. The van der Waals surface area contributed by atoms with Crippen molar-refractivity contribution in [1.82, 2.24) is 4.90 Å². The Bertz CT molecular complexity index is 232. The van der Waals surface area contributed by atoms with Crippen LogP contribution in [0.1, 0.15) is 26.7 Å². The van der Waals surface area contributed by atoms with E-state index in [1.165, 1.54) is 0 Å². The van der Waals surface area contributed by atoms with Crippen LogP contribution in [0.4, 0.5) is 8.78 Å². The standard InChI is InChI=1S/C10H16BrF2NO/c1-10(2,11)9(15)14-5-3-7(4-6-14)8(12)13/h7-8H,3-6H2,1-2H3. The highest BCUT2D eigenvalue weighted by Gasteiger charge is 2.33. The molecular weight excluding hydrogens is 268 g/mol. The molecule has 1 saturated heterocycles. The third kappa shape index (κ3) is 3.40. The highest BCUT2D eigenvalue weighted by molar-refractivity contribution is 9.10. The monoisotopic (exact) mass is 283 g/mol. The summed E-state index contributed by atoms with van der Waals surface area (Å²) in [6, 6.07) is 0. The van der Waals surface area contributed by atoms with E-state index < -0.39 is 16.7 Å². The summed E-state index contributed by atoms with van der Waals surface area (Å²) in [5.41, 5.74) is 0. The first-order chi connectivity index (χ1) is 6.82. The van der Waals surface area contributed by atoms with Crippen molar-refractivity contribution >= 4 is 21.8 Å². The summed E-state index contributed by atoms with van der Waals surface area (Å²) < 4.78 is 24.1. The van der Waals surface area contributed by atoms with Gasteiger partial charge in [0.25, 0.3) is 0 Å². The molecule has 0 bridgehead atoms. The molecule has 0 N–H and O–H groups in total. The normalized spacial score (nSPS) is 19.7. The summed E-state index contributed by atoms with van der Waals surface area (Å²) in [6.45, 7) is 4.44. The minimum Gasteiger partial charge on any atom is -0.341 e. The number of likely N-dealkylation sites (tertiary alicyclic amines) is 1. The number of halogens is 3. The molecule has 5 heteroatoms. The first kappa shape index (κ1) is 12.9. The molecule has 1 rings (SSSR count). The number of rotatable bonds is 2. The number of carbonyl (C=O) groups is 1. The number of piperidine rings is 1. The number of nitrogens with zero attached hydrogens (tertiary/aromatic N) is 1. The minimum atomic E-state index is -2.25. The van der Waals surface area contributed by atoms with E-state index in [1.54, 1.807) is 18.7 Å². The van der Waals surface area contributed by atoms with Crippen molar-refractivity contribution in [2.45, 2.75) is 37.4 Å². The predicted molar refractivity (Wildman–Crippen MR) is 58.3 cm³/mol. The largest absolute Gasteiger partial charge is 0.341 e. The van der Waals surface area contributed by atoms with Crippen LogP contribution in [0.5, 0.6) is 0 Å². The van der Waals surface area contributed by atoms with Gasteiger partial charge in [-0.2, -0.15) is 0 Å². The molecule has 0 unspecified atom stereocenters. The third-order valence-electron chi connectivity index (χ3n) is 2.69. The van der Waals surface area contributed by atoms with Gasteiger partial charge in [0.05, 0.1) is 4.32 Å². The van der Waals surface area contributed by atoms with Crippen molar-refractivity contribution in [1.29, 1.82) is 0 Å². The van der Waals surface area contributed by atoms with Crippen molar-refractivity contribution in [2.24, 2.45) is 5.92 Å². The molecule has 88 valence electrons. The van der Waals surface area contributed by atoms with Crippen LogP contribution in [-0.4, -0.2) is 34.6 Å². The van der Waals surface area contributed by atoms with Crippen LogP contribution in [-0.2, 0) is 4.79 Å². The maximum Gasteiger partial charge on any atom is 0.241 e. The van der Waals surface area contributed by atoms with E-state index in [1.807, 2.05) is 0 Å². The van der Waals surface area contributed by atoms with Crippen LogP contribution < -0.4 is 0 Å². The van der Waals surface area contributed by atoms with Gasteiger partial charge in [-0.1, -0.05) is 15.9 Å². The van der Waals surface area contributed by atoms with Crippen molar-refractivity contribution in [3.63, 3.8) is 0 Å². The fourth-order valence-electron chi connectivity index (χ4n) is 1.73. The van der Waals surface area contributed by atoms with Gasteiger partial charge in [-0.25, -0.2) is 8.78 Å². The van der Waals surface area contributed by atoms with E-state index in [2.05, 4.69) is 15.9 Å². The van der Waals surface area contributed by atoms with E-state index in [-0.39, 0.29) is 5.91 Å². The topological polar surface area (TPSA) is 20.3 Å². The van der Waals surface area contributed by atoms with Crippen molar-refractivity contribution in [3.8, 4) is 0 Å². The van der Waals surface area contributed by atoms with Gasteiger partial charge in [0.2, 0.25) is 12.3 Å². The summed E-state index contributed by atoms with van der Waals surface area (Å²) in [4.78, 5) is 13.4. The molecule has 1 aliphatic heterocycles. The Labute approximate surface area is 97.1 Å². The van der Waals surface area contributed by atoms with Crippen LogP contribution in [0.3, 0.4) is 0 Å². The Morgan fingerprint density at radius 1 is 1.40 bits per heavy atom. The Kier molecular flexibility index (Phi) is 4.09. The number of carbonyl (C=O) groups excluding carboxylic acids is 1. The van der Waals surface area contributed by atoms with E-state index in [0.29, 0.717) is 25.9 Å². The lowest BCUT2D eigenvalue weighted by Crippen LogP contribution is -2.46. The number of hydrogen-bond acceptors (Lipinski definition) is 1. The second-order valence-electron chi connectivity index (χ2n) is 4.44. The summed E-state index contributed by atoms with van der Waals surface area (Å²) in [7, 11) is 0. The molecule has 0 aromatic rings. The van der Waals surface area contributed by atoms with Gasteiger partial charge in [-0.3, -0.25) is 4.79 Å². The van der Waals surface area contributed by atoms with Gasteiger partial charge in [0.1, 0.15) is 0 Å². The summed E-state index contributed by atoms with van der Waals surface area (Å²) in [5, 5.41) is 0. The fraction of sp³-hybridized carbons (Fsp3) is 0.900. The lowest BCUT2D eigenvalue weighted by Gasteiger charge is -2.34. The second kappa shape index (κ2) is 4.76. The smallest absolute Gasteiger partial charge is 0.241 e. The predicted octanol–water partition coefficient (Wildman–Crippen LogP) is 2.66. The molecule has 0 spiro atoms. The Hall–Kier alpha value is -0.190. The maximum atomic E-state index is 12.4. The van der Waals surface area contributed by atoms with Gasteiger partial charge in [-0.05, 0) is 26.7 Å². The van der Waals surface area contributed by atoms with Crippen LogP contribution in [0.15, 0.2) is 0 Å². The molecular formula is C10H16BrF2NO. The average molecular weight is 284 g/mol. The lowest BCUT2D eigenvalue weighted by atomic mass is 9.96. The molecule has 1 amide bonds. The minimum absolute atomic E-state index is 0.0183. The highest BCUT2D eigenvalue weighted by atomic mass is 79.9. The van der Waals surface area contributed by atoms with Gasteiger partial charge in [0, 0.05) is 19.0 Å². The maximum absolute atomic E-state index is 12.4. The van der Waals surface area contributed by atoms with Gasteiger partial charge in [0.15, 0.2) is 0 Å². The molecule has 0 saturated carbocycles. The number of hydrogen-bond donors (Lipinski definition) is 0. The molecule has 0 aromatic carbocycles. The molecule has 0 radical (unpaired) electrons. The molecule has 1 fully saturated rings. The lowest BCUT2D eigenvalue weighted by molar-refractivity contribution is -0.135. The van der Waals surface area contributed by atoms with E-state index >= 15 is 0 Å². The first-order valence-corrected chi connectivity index (χ1v) is 5.88. The zero-order valence-electron chi connectivity index (χ0n) is 8.97. The van der Waals surface area contributed by atoms with Crippen LogP contribution in [0, 0.1) is 5.92 Å². The third-order valence-corrected chi connectivity index (χ3v) is 3.03. The molecule has 15 heavy (non-hydrogen) atoms. The van der Waals surface area contributed by atoms with E-state index in [4.69, 9.17) is 0 Å². The van der Waals surface area contributed by atoms with E-state index in [9.17, 15) is 13.6 Å².